The van der Waals surface area contributed by atoms with E-state index in [9.17, 15) is 9.59 Å². The number of carbonyl (C=O) groups is 2. The minimum Gasteiger partial charge on any atom is -0.352 e. The molecule has 0 aliphatic carbocycles. The number of nitrogens with one attached hydrogen (secondary N) is 1. The molecule has 0 unspecified atom stereocenters. The van der Waals surface area contributed by atoms with E-state index in [0.717, 1.165) is 16.9 Å². The van der Waals surface area contributed by atoms with Crippen LogP contribution in [0.15, 0.2) is 59.5 Å². The van der Waals surface area contributed by atoms with E-state index in [1.54, 1.807) is 24.0 Å². The molecule has 28 heavy (non-hydrogen) atoms. The number of thioether (sulfide) groups is 1. The van der Waals surface area contributed by atoms with Gasteiger partial charge in [-0.15, -0.1) is 11.8 Å². The van der Waals surface area contributed by atoms with Crippen LogP contribution in [0, 0.1) is 0 Å². The number of halogens is 1. The largest absolute Gasteiger partial charge is 0.352 e. The molecule has 1 N–H and O–H groups in total. The van der Waals surface area contributed by atoms with Crippen molar-refractivity contribution in [3.8, 4) is 0 Å². The predicted octanol–water partition coefficient (Wildman–Crippen LogP) is 4.76. The summed E-state index contributed by atoms with van der Waals surface area (Å²) >= 11 is 7.36. The number of rotatable bonds is 9. The van der Waals surface area contributed by atoms with Crippen molar-refractivity contribution in [2.75, 3.05) is 5.75 Å². The molecule has 0 aromatic heterocycles. The number of amides is 2. The van der Waals surface area contributed by atoms with Gasteiger partial charge in [0.15, 0.2) is 0 Å². The lowest BCUT2D eigenvalue weighted by molar-refractivity contribution is -0.138. The monoisotopic (exact) mass is 418 g/mol. The van der Waals surface area contributed by atoms with Crippen molar-refractivity contribution in [2.24, 2.45) is 0 Å². The molecule has 2 amide bonds. The Balaban J connectivity index is 2.10. The highest BCUT2D eigenvalue weighted by Gasteiger charge is 2.26. The van der Waals surface area contributed by atoms with E-state index in [1.807, 2.05) is 56.3 Å². The van der Waals surface area contributed by atoms with E-state index in [4.69, 9.17) is 11.6 Å². The van der Waals surface area contributed by atoms with Gasteiger partial charge in [0.05, 0.1) is 5.75 Å². The van der Waals surface area contributed by atoms with Crippen LogP contribution < -0.4 is 5.32 Å². The third kappa shape index (κ3) is 6.88. The molecule has 0 bridgehead atoms. The Labute approximate surface area is 176 Å². The number of benzene rings is 2. The molecule has 0 aliphatic heterocycles. The van der Waals surface area contributed by atoms with Gasteiger partial charge in [-0.25, -0.2) is 0 Å². The zero-order valence-corrected chi connectivity index (χ0v) is 18.1. The number of hydrogen-bond donors (Lipinski definition) is 1. The third-order valence-electron chi connectivity index (χ3n) is 4.54. The maximum Gasteiger partial charge on any atom is 0.242 e. The maximum absolute atomic E-state index is 13.0. The van der Waals surface area contributed by atoms with E-state index in [0.29, 0.717) is 11.6 Å². The van der Waals surface area contributed by atoms with Crippen LogP contribution in [0.3, 0.4) is 0 Å². The van der Waals surface area contributed by atoms with Gasteiger partial charge in [0, 0.05) is 22.5 Å². The fourth-order valence-corrected chi connectivity index (χ4v) is 3.50. The Bertz CT molecular complexity index is 768. The lowest BCUT2D eigenvalue weighted by atomic mass is 10.1. The van der Waals surface area contributed by atoms with Crippen LogP contribution in [0.1, 0.15) is 32.8 Å². The van der Waals surface area contributed by atoms with Crippen LogP contribution in [-0.2, 0) is 16.1 Å². The minimum atomic E-state index is -0.549. The van der Waals surface area contributed by atoms with Crippen molar-refractivity contribution < 1.29 is 9.59 Å². The summed E-state index contributed by atoms with van der Waals surface area (Å²) in [6, 6.07) is 16.6. The van der Waals surface area contributed by atoms with Crippen LogP contribution in [0.2, 0.25) is 5.02 Å². The summed E-state index contributed by atoms with van der Waals surface area (Å²) in [6.45, 7) is 6.16. The Morgan fingerprint density at radius 1 is 1.07 bits per heavy atom. The summed E-state index contributed by atoms with van der Waals surface area (Å²) < 4.78 is 0. The first-order valence-corrected chi connectivity index (χ1v) is 10.8. The second-order valence-electron chi connectivity index (χ2n) is 6.74. The van der Waals surface area contributed by atoms with Crippen LogP contribution in [0.4, 0.5) is 0 Å². The van der Waals surface area contributed by atoms with Crippen LogP contribution in [0.5, 0.6) is 0 Å². The van der Waals surface area contributed by atoms with Gasteiger partial charge >= 0.3 is 0 Å². The number of hydrogen-bond acceptors (Lipinski definition) is 3. The molecule has 0 saturated heterocycles. The van der Waals surface area contributed by atoms with E-state index >= 15 is 0 Å². The standard InChI is InChI=1S/C22H27ClN2O2S/c1-4-16(2)24-22(27)17(3)25(14-18-8-6-5-7-9-18)21(26)15-28-20-12-10-19(23)11-13-20/h5-13,16-17H,4,14-15H2,1-3H3,(H,24,27)/t16-,17+/m1/s1. The molecule has 0 spiro atoms. The average Bonchev–Trinajstić information content (AvgIpc) is 2.71. The van der Waals surface area contributed by atoms with Gasteiger partial charge in [-0.3, -0.25) is 9.59 Å². The van der Waals surface area contributed by atoms with Crippen LogP contribution >= 0.6 is 23.4 Å². The van der Waals surface area contributed by atoms with E-state index in [2.05, 4.69) is 5.32 Å². The van der Waals surface area contributed by atoms with Crippen molar-refractivity contribution >= 4 is 35.2 Å². The van der Waals surface area contributed by atoms with Crippen molar-refractivity contribution in [1.82, 2.24) is 10.2 Å². The molecule has 2 atom stereocenters. The predicted molar refractivity (Wildman–Crippen MR) is 117 cm³/mol. The van der Waals surface area contributed by atoms with Gasteiger partial charge in [0.2, 0.25) is 11.8 Å². The zero-order valence-electron chi connectivity index (χ0n) is 16.5. The first-order valence-electron chi connectivity index (χ1n) is 9.42. The van der Waals surface area contributed by atoms with Gasteiger partial charge in [0.25, 0.3) is 0 Å². The molecule has 4 nitrogen and oxygen atoms in total. The Morgan fingerprint density at radius 2 is 1.71 bits per heavy atom. The lowest BCUT2D eigenvalue weighted by Gasteiger charge is -2.29. The van der Waals surface area contributed by atoms with Gasteiger partial charge in [0.1, 0.15) is 6.04 Å². The molecule has 0 fully saturated rings. The summed E-state index contributed by atoms with van der Waals surface area (Å²) in [7, 11) is 0. The SMILES string of the molecule is CC[C@@H](C)NC(=O)[C@H](C)N(Cc1ccccc1)C(=O)CSc1ccc(Cl)cc1. The van der Waals surface area contributed by atoms with Gasteiger partial charge in [-0.2, -0.15) is 0 Å². The molecule has 2 aromatic rings. The summed E-state index contributed by atoms with van der Waals surface area (Å²) in [5.41, 5.74) is 0.996. The Hall–Kier alpha value is -1.98. The lowest BCUT2D eigenvalue weighted by Crippen LogP contribution is -2.50. The molecular weight excluding hydrogens is 392 g/mol. The van der Waals surface area contributed by atoms with Crippen LogP contribution in [0.25, 0.3) is 0 Å². The maximum atomic E-state index is 13.0. The highest BCUT2D eigenvalue weighted by atomic mass is 35.5. The molecule has 0 radical (unpaired) electrons. The van der Waals surface area contributed by atoms with Crippen molar-refractivity contribution in [3.05, 3.63) is 65.2 Å². The van der Waals surface area contributed by atoms with Gasteiger partial charge < -0.3 is 10.2 Å². The summed E-state index contributed by atoms with van der Waals surface area (Å²) in [4.78, 5) is 28.2. The fraction of sp³-hybridized carbons (Fsp3) is 0.364. The number of carbonyl (C=O) groups excluding carboxylic acids is 2. The highest BCUT2D eigenvalue weighted by molar-refractivity contribution is 8.00. The molecule has 0 heterocycles. The smallest absolute Gasteiger partial charge is 0.242 e. The minimum absolute atomic E-state index is 0.0735. The fourth-order valence-electron chi connectivity index (χ4n) is 2.59. The molecule has 2 aromatic carbocycles. The van der Waals surface area contributed by atoms with E-state index in [1.165, 1.54) is 11.8 Å². The quantitative estimate of drug-likeness (QED) is 0.597. The summed E-state index contributed by atoms with van der Waals surface area (Å²) in [5.74, 6) is 0.0563. The Morgan fingerprint density at radius 3 is 2.32 bits per heavy atom. The average molecular weight is 419 g/mol. The number of nitrogens with zero attached hydrogens (tertiary/aromatic N) is 1. The molecule has 2 rings (SSSR count). The normalized spacial score (nSPS) is 12.9. The summed E-state index contributed by atoms with van der Waals surface area (Å²) in [5, 5.41) is 3.64. The van der Waals surface area contributed by atoms with Crippen molar-refractivity contribution in [3.63, 3.8) is 0 Å². The first-order chi connectivity index (χ1) is 13.4. The molecule has 0 aliphatic rings. The Kier molecular flexibility index (Phi) is 8.87. The second-order valence-corrected chi connectivity index (χ2v) is 8.23. The molecular formula is C22H27ClN2O2S. The van der Waals surface area contributed by atoms with Gasteiger partial charge in [-0.1, -0.05) is 48.9 Å². The summed E-state index contributed by atoms with van der Waals surface area (Å²) in [6.07, 6.45) is 0.845. The third-order valence-corrected chi connectivity index (χ3v) is 5.79. The first kappa shape index (κ1) is 22.3. The van der Waals surface area contributed by atoms with E-state index < -0.39 is 6.04 Å². The van der Waals surface area contributed by atoms with Crippen LogP contribution in [-0.4, -0.2) is 34.6 Å². The second kappa shape index (κ2) is 11.1. The molecule has 6 heteroatoms. The molecule has 0 saturated carbocycles. The van der Waals surface area contributed by atoms with Gasteiger partial charge in [-0.05, 0) is 50.1 Å². The zero-order chi connectivity index (χ0) is 20.5. The highest BCUT2D eigenvalue weighted by Crippen LogP contribution is 2.21. The van der Waals surface area contributed by atoms with E-state index in [-0.39, 0.29) is 23.6 Å². The van der Waals surface area contributed by atoms with Crippen molar-refractivity contribution in [1.29, 1.82) is 0 Å². The van der Waals surface area contributed by atoms with Crippen molar-refractivity contribution in [2.45, 2.75) is 50.7 Å². The molecule has 150 valence electrons. The topological polar surface area (TPSA) is 49.4 Å².